The van der Waals surface area contributed by atoms with Gasteiger partial charge in [-0.15, -0.1) is 0 Å². The van der Waals surface area contributed by atoms with E-state index in [1.807, 2.05) is 12.1 Å². The molecule has 1 aromatic carbocycles. The van der Waals surface area contributed by atoms with Gasteiger partial charge in [-0.3, -0.25) is 0 Å². The maximum Gasteiger partial charge on any atom is 0.119 e. The lowest BCUT2D eigenvalue weighted by Gasteiger charge is -2.31. The molecule has 0 radical (unpaired) electrons. The molecule has 0 fully saturated rings. The Bertz CT molecular complexity index is 691. The predicted molar refractivity (Wildman–Crippen MR) is 163 cm³/mol. The monoisotopic (exact) mass is 534 g/mol. The van der Waals surface area contributed by atoms with Crippen LogP contribution in [0.2, 0.25) is 0 Å². The normalized spacial score (nSPS) is 14.1. The highest BCUT2D eigenvalue weighted by atomic mass is 16.5. The van der Waals surface area contributed by atoms with Gasteiger partial charge in [0.2, 0.25) is 0 Å². The largest absolute Gasteiger partial charge is 0.508 e. The van der Waals surface area contributed by atoms with Gasteiger partial charge >= 0.3 is 0 Å². The molecule has 222 valence electrons. The van der Waals surface area contributed by atoms with Crippen molar-refractivity contribution in [2.75, 3.05) is 26.4 Å². The molecule has 2 unspecified atom stereocenters. The first-order chi connectivity index (χ1) is 17.9. The minimum absolute atomic E-state index is 0.198. The van der Waals surface area contributed by atoms with E-state index in [1.165, 1.54) is 12.8 Å². The van der Waals surface area contributed by atoms with Gasteiger partial charge in [-0.05, 0) is 73.3 Å². The molecule has 0 bridgehead atoms. The molecule has 0 saturated heterocycles. The van der Waals surface area contributed by atoms with Crippen LogP contribution in [0.3, 0.4) is 0 Å². The van der Waals surface area contributed by atoms with E-state index in [1.54, 1.807) is 0 Å². The highest BCUT2D eigenvalue weighted by molar-refractivity contribution is 5.50. The van der Waals surface area contributed by atoms with Gasteiger partial charge in [-0.2, -0.15) is 0 Å². The van der Waals surface area contributed by atoms with Gasteiger partial charge in [0.05, 0.1) is 0 Å². The zero-order valence-electron chi connectivity index (χ0n) is 26.3. The highest BCUT2D eigenvalue weighted by Crippen LogP contribution is 2.43. The van der Waals surface area contributed by atoms with Crippen LogP contribution >= 0.6 is 0 Å². The van der Waals surface area contributed by atoms with Crippen LogP contribution in [0.5, 0.6) is 11.5 Å². The number of phenolic OH excluding ortho intramolecular Hbond substituents is 2. The zero-order valence-corrected chi connectivity index (χ0v) is 26.3. The van der Waals surface area contributed by atoms with E-state index >= 15 is 0 Å². The maximum atomic E-state index is 11.0. The summed E-state index contributed by atoms with van der Waals surface area (Å²) in [6, 6.07) is 3.65. The molecule has 4 heteroatoms. The summed E-state index contributed by atoms with van der Waals surface area (Å²) < 4.78 is 11.5. The van der Waals surface area contributed by atoms with Crippen LogP contribution in [0.25, 0.3) is 0 Å². The summed E-state index contributed by atoms with van der Waals surface area (Å²) in [6.07, 6.45) is 13.3. The quantitative estimate of drug-likeness (QED) is 0.115. The summed E-state index contributed by atoms with van der Waals surface area (Å²) in [5.41, 5.74) is 1.30. The van der Waals surface area contributed by atoms with Gasteiger partial charge in [-0.1, -0.05) is 93.9 Å². The van der Waals surface area contributed by atoms with Crippen molar-refractivity contribution in [3.05, 3.63) is 23.3 Å². The van der Waals surface area contributed by atoms with Crippen molar-refractivity contribution < 1.29 is 19.7 Å². The number of hydrogen-bond donors (Lipinski definition) is 2. The van der Waals surface area contributed by atoms with Crippen molar-refractivity contribution in [3.63, 3.8) is 0 Å². The Morgan fingerprint density at radius 1 is 0.605 bits per heavy atom. The average molecular weight is 535 g/mol. The molecule has 0 spiro atoms. The molecule has 4 nitrogen and oxygen atoms in total. The van der Waals surface area contributed by atoms with Gasteiger partial charge in [0, 0.05) is 37.6 Å². The van der Waals surface area contributed by atoms with E-state index in [4.69, 9.17) is 9.47 Å². The van der Waals surface area contributed by atoms with Crippen LogP contribution in [0.1, 0.15) is 144 Å². The lowest BCUT2D eigenvalue weighted by molar-refractivity contribution is 0.117. The second kappa shape index (κ2) is 18.2. The molecule has 2 N–H and O–H groups in total. The lowest BCUT2D eigenvalue weighted by Crippen LogP contribution is -2.21. The number of ether oxygens (including phenoxy) is 2. The Balaban J connectivity index is 2.60. The van der Waals surface area contributed by atoms with E-state index in [-0.39, 0.29) is 10.8 Å². The van der Waals surface area contributed by atoms with Crippen LogP contribution in [0, 0.1) is 11.8 Å². The van der Waals surface area contributed by atoms with Crippen LogP contribution in [-0.4, -0.2) is 36.6 Å². The summed E-state index contributed by atoms with van der Waals surface area (Å²) in [4.78, 5) is 0. The van der Waals surface area contributed by atoms with Crippen molar-refractivity contribution in [2.24, 2.45) is 11.8 Å². The van der Waals surface area contributed by atoms with E-state index in [0.29, 0.717) is 23.3 Å². The molecule has 0 saturated carbocycles. The standard InChI is InChI=1S/C34H62O4/c1-9-11-21-37-23-17-27(3)15-13-19-33(5,6)29-25-32(36)30(26-31(29)35)34(7,8)20-14-16-28(4)18-24-38-22-12-10-2/h25-28,35-36H,9-24H2,1-8H3. The van der Waals surface area contributed by atoms with Crippen molar-refractivity contribution in [2.45, 2.75) is 143 Å². The third kappa shape index (κ3) is 13.2. The Labute approximate surface area is 235 Å². The summed E-state index contributed by atoms with van der Waals surface area (Å²) in [5, 5.41) is 22.1. The maximum absolute atomic E-state index is 11.0. The minimum Gasteiger partial charge on any atom is -0.508 e. The number of hydrogen-bond acceptors (Lipinski definition) is 4. The fourth-order valence-corrected chi connectivity index (χ4v) is 5.27. The number of aromatic hydroxyl groups is 2. The molecule has 38 heavy (non-hydrogen) atoms. The van der Waals surface area contributed by atoms with Crippen LogP contribution in [0.4, 0.5) is 0 Å². The lowest BCUT2D eigenvalue weighted by atomic mass is 9.75. The molecule has 0 heterocycles. The van der Waals surface area contributed by atoms with Crippen molar-refractivity contribution in [1.82, 2.24) is 0 Å². The van der Waals surface area contributed by atoms with Crippen LogP contribution in [0.15, 0.2) is 12.1 Å². The first-order valence-corrected chi connectivity index (χ1v) is 15.7. The summed E-state index contributed by atoms with van der Waals surface area (Å²) in [7, 11) is 0. The number of unbranched alkanes of at least 4 members (excludes halogenated alkanes) is 2. The van der Waals surface area contributed by atoms with Gasteiger partial charge in [-0.25, -0.2) is 0 Å². The molecular weight excluding hydrogens is 472 g/mol. The molecule has 1 rings (SSSR count). The third-order valence-electron chi connectivity index (χ3n) is 8.36. The molecule has 0 aliphatic carbocycles. The summed E-state index contributed by atoms with van der Waals surface area (Å²) in [6.45, 7) is 21.2. The Kier molecular flexibility index (Phi) is 16.6. The Hall–Kier alpha value is -1.26. The summed E-state index contributed by atoms with van der Waals surface area (Å²) >= 11 is 0. The fraction of sp³-hybridized carbons (Fsp3) is 0.824. The molecule has 0 amide bonds. The zero-order chi connectivity index (χ0) is 28.6. The van der Waals surface area contributed by atoms with E-state index in [0.717, 1.165) is 102 Å². The molecule has 0 aliphatic heterocycles. The number of phenols is 2. The number of benzene rings is 1. The first kappa shape index (κ1) is 34.8. The van der Waals surface area contributed by atoms with Crippen molar-refractivity contribution in [3.8, 4) is 11.5 Å². The second-order valence-corrected chi connectivity index (χ2v) is 13.2. The molecular formula is C34H62O4. The number of rotatable bonds is 22. The second-order valence-electron chi connectivity index (χ2n) is 13.2. The fourth-order valence-electron chi connectivity index (χ4n) is 5.27. The SMILES string of the molecule is CCCCOCCC(C)CCCC(C)(C)c1cc(O)c(C(C)(C)CCCC(C)CCOCCCC)cc1O. The van der Waals surface area contributed by atoms with Crippen molar-refractivity contribution in [1.29, 1.82) is 0 Å². The highest BCUT2D eigenvalue weighted by Gasteiger charge is 2.30. The van der Waals surface area contributed by atoms with E-state index in [9.17, 15) is 10.2 Å². The third-order valence-corrected chi connectivity index (χ3v) is 8.36. The van der Waals surface area contributed by atoms with Gasteiger partial charge < -0.3 is 19.7 Å². The Morgan fingerprint density at radius 2 is 0.974 bits per heavy atom. The first-order valence-electron chi connectivity index (χ1n) is 15.7. The average Bonchev–Trinajstić information content (AvgIpc) is 2.84. The van der Waals surface area contributed by atoms with Gasteiger partial charge in [0.1, 0.15) is 11.5 Å². The van der Waals surface area contributed by atoms with E-state index in [2.05, 4.69) is 55.4 Å². The predicted octanol–water partition coefficient (Wildman–Crippen LogP) is 9.68. The van der Waals surface area contributed by atoms with Gasteiger partial charge in [0.15, 0.2) is 0 Å². The topological polar surface area (TPSA) is 58.9 Å². The van der Waals surface area contributed by atoms with Crippen molar-refractivity contribution >= 4 is 0 Å². The Morgan fingerprint density at radius 3 is 1.32 bits per heavy atom. The van der Waals surface area contributed by atoms with E-state index < -0.39 is 0 Å². The smallest absolute Gasteiger partial charge is 0.119 e. The summed E-state index contributed by atoms with van der Waals surface area (Å²) in [5.74, 6) is 1.89. The molecule has 1 aromatic rings. The molecule has 2 atom stereocenters. The minimum atomic E-state index is -0.198. The van der Waals surface area contributed by atoms with Gasteiger partial charge in [0.25, 0.3) is 0 Å². The van der Waals surface area contributed by atoms with Crippen LogP contribution < -0.4 is 0 Å². The van der Waals surface area contributed by atoms with Crippen LogP contribution in [-0.2, 0) is 20.3 Å². The molecule has 0 aliphatic rings. The molecule has 0 aromatic heterocycles.